The van der Waals surface area contributed by atoms with E-state index in [0.717, 1.165) is 24.5 Å². The third-order valence-corrected chi connectivity index (χ3v) is 6.29. The molecule has 1 aliphatic carbocycles. The number of halogens is 9. The Balaban J connectivity index is 3.41. The third kappa shape index (κ3) is 6.08. The van der Waals surface area contributed by atoms with E-state index in [0.29, 0.717) is 6.08 Å². The zero-order valence-electron chi connectivity index (χ0n) is 15.4. The Morgan fingerprint density at radius 3 is 2.03 bits per heavy atom. The monoisotopic (exact) mass is 505 g/mol. The minimum absolute atomic E-state index is 0.102. The van der Waals surface area contributed by atoms with Crippen LogP contribution in [0.4, 0.5) is 39.5 Å². The molecule has 0 aromatic rings. The second-order valence-corrected chi connectivity index (χ2v) is 8.67. The van der Waals surface area contributed by atoms with Crippen LogP contribution < -0.4 is 0 Å². The summed E-state index contributed by atoms with van der Waals surface area (Å²) in [6.45, 7) is -1.10. The molecule has 0 fully saturated rings. The van der Waals surface area contributed by atoms with E-state index >= 15 is 0 Å². The molecule has 4 nitrogen and oxygen atoms in total. The van der Waals surface area contributed by atoms with Crippen LogP contribution in [-0.4, -0.2) is 54.5 Å². The highest BCUT2D eigenvalue weighted by molar-refractivity contribution is 7.93. The van der Waals surface area contributed by atoms with Crippen molar-refractivity contribution in [3.63, 3.8) is 0 Å². The lowest BCUT2D eigenvalue weighted by Gasteiger charge is -2.36. The number of nitrogens with zero attached hydrogens (tertiary/aromatic N) is 1. The lowest BCUT2D eigenvalue weighted by molar-refractivity contribution is -0.351. The van der Waals surface area contributed by atoms with Crippen molar-refractivity contribution in [2.45, 2.75) is 43.5 Å². The molecule has 1 unspecified atom stereocenters. The van der Waals surface area contributed by atoms with Crippen LogP contribution in [0.5, 0.6) is 0 Å². The summed E-state index contributed by atoms with van der Waals surface area (Å²) < 4.78 is 142. The molecule has 0 radical (unpaired) electrons. The summed E-state index contributed by atoms with van der Waals surface area (Å²) >= 11 is 3.66. The highest BCUT2D eigenvalue weighted by Crippen LogP contribution is 2.48. The van der Waals surface area contributed by atoms with Gasteiger partial charge >= 0.3 is 18.5 Å². The predicted octanol–water partition coefficient (Wildman–Crippen LogP) is 4.64. The van der Waals surface area contributed by atoms with E-state index in [1.54, 1.807) is 0 Å². The quantitative estimate of drug-likeness (QED) is 0.314. The van der Waals surface area contributed by atoms with E-state index in [1.807, 2.05) is 0 Å². The standard InChI is InChI=1S/C16H16F9NO3S2/c1-10(3-2-8-30)31(28,29)26(9-13(17,18)19)12-6-4-11(5-7-12)14(27,15(20,21)22)16(23,24)25/h2-6,8,12,27,30H,7,9H2,1H3/b8-2-,10-3+. The number of hydrogen-bond donors (Lipinski definition) is 2. The van der Waals surface area contributed by atoms with Crippen molar-refractivity contribution in [1.29, 1.82) is 0 Å². The fraction of sp³-hybridized carbons (Fsp3) is 0.500. The molecular weight excluding hydrogens is 489 g/mol. The minimum atomic E-state index is -6.19. The van der Waals surface area contributed by atoms with Crippen LogP contribution in [0.15, 0.2) is 46.3 Å². The Morgan fingerprint density at radius 1 is 1.16 bits per heavy atom. The van der Waals surface area contributed by atoms with Crippen molar-refractivity contribution < 1.29 is 53.0 Å². The number of aliphatic hydroxyl groups is 1. The summed E-state index contributed by atoms with van der Waals surface area (Å²) in [6, 6.07) is -1.76. The van der Waals surface area contributed by atoms with Gasteiger partial charge < -0.3 is 5.11 Å². The van der Waals surface area contributed by atoms with Gasteiger partial charge in [-0.05, 0) is 30.4 Å². The Hall–Kier alpha value is -1.45. The minimum Gasteiger partial charge on any atom is -0.370 e. The van der Waals surface area contributed by atoms with Crippen LogP contribution >= 0.6 is 12.6 Å². The molecule has 0 aromatic heterocycles. The Kier molecular flexibility index (Phi) is 8.18. The predicted molar refractivity (Wildman–Crippen MR) is 96.3 cm³/mol. The number of thiol groups is 1. The number of hydrogen-bond acceptors (Lipinski definition) is 4. The number of alkyl halides is 9. The van der Waals surface area contributed by atoms with Crippen LogP contribution in [0.3, 0.4) is 0 Å². The maximum atomic E-state index is 13.0. The van der Waals surface area contributed by atoms with Crippen molar-refractivity contribution >= 4 is 22.7 Å². The molecule has 0 saturated carbocycles. The van der Waals surface area contributed by atoms with Gasteiger partial charge in [-0.2, -0.15) is 56.4 Å². The van der Waals surface area contributed by atoms with Gasteiger partial charge in [0, 0.05) is 6.04 Å². The lowest BCUT2D eigenvalue weighted by atomic mass is 9.87. The molecule has 1 rings (SSSR count). The van der Waals surface area contributed by atoms with E-state index < -0.39 is 63.6 Å². The summed E-state index contributed by atoms with van der Waals surface area (Å²) in [6.07, 6.45) is -15.7. The van der Waals surface area contributed by atoms with E-state index in [1.165, 1.54) is 0 Å². The fourth-order valence-electron chi connectivity index (χ4n) is 2.59. The van der Waals surface area contributed by atoms with Crippen LogP contribution in [0.1, 0.15) is 13.3 Å². The lowest BCUT2D eigenvalue weighted by Crippen LogP contribution is -2.58. The Bertz CT molecular complexity index is 867. The fourth-order valence-corrected chi connectivity index (χ4v) is 4.12. The maximum absolute atomic E-state index is 13.0. The second kappa shape index (κ2) is 9.19. The molecule has 0 heterocycles. The van der Waals surface area contributed by atoms with Gasteiger partial charge in [-0.25, -0.2) is 8.42 Å². The van der Waals surface area contributed by atoms with Crippen LogP contribution in [-0.2, 0) is 10.0 Å². The molecule has 178 valence electrons. The van der Waals surface area contributed by atoms with Crippen molar-refractivity contribution in [1.82, 2.24) is 4.31 Å². The van der Waals surface area contributed by atoms with Gasteiger partial charge in [-0.1, -0.05) is 24.3 Å². The first-order chi connectivity index (χ1) is 13.8. The first-order valence-electron chi connectivity index (χ1n) is 8.10. The number of allylic oxidation sites excluding steroid dienone is 3. The van der Waals surface area contributed by atoms with Crippen molar-refractivity contribution in [2.24, 2.45) is 0 Å². The van der Waals surface area contributed by atoms with Gasteiger partial charge in [0.05, 0.1) is 4.91 Å². The summed E-state index contributed by atoms with van der Waals surface area (Å²) in [5.74, 6) is 0. The Labute approximate surface area is 176 Å². The first-order valence-corrected chi connectivity index (χ1v) is 10.1. The average molecular weight is 505 g/mol. The Morgan fingerprint density at radius 2 is 1.68 bits per heavy atom. The summed E-state index contributed by atoms with van der Waals surface area (Å²) in [7, 11) is -4.81. The molecule has 1 N–H and O–H groups in total. The zero-order valence-corrected chi connectivity index (χ0v) is 17.1. The topological polar surface area (TPSA) is 57.6 Å². The smallest absolute Gasteiger partial charge is 0.370 e. The molecule has 0 bridgehead atoms. The van der Waals surface area contributed by atoms with Crippen LogP contribution in [0, 0.1) is 0 Å². The van der Waals surface area contributed by atoms with Gasteiger partial charge in [0.15, 0.2) is 0 Å². The molecule has 1 atom stereocenters. The highest BCUT2D eigenvalue weighted by atomic mass is 32.2. The summed E-state index contributed by atoms with van der Waals surface area (Å²) in [5, 5.41) is 10.4. The molecule has 0 amide bonds. The SMILES string of the molecule is C/C(=C\C=C/S)S(=O)(=O)N(CC(F)(F)F)C1C=CC(C(O)(C(F)(F)F)C(F)(F)F)=CC1. The van der Waals surface area contributed by atoms with Crippen molar-refractivity contribution in [3.05, 3.63) is 46.3 Å². The van der Waals surface area contributed by atoms with E-state index in [4.69, 9.17) is 0 Å². The molecule has 1 aliphatic rings. The van der Waals surface area contributed by atoms with Crippen molar-refractivity contribution in [2.75, 3.05) is 6.54 Å². The van der Waals surface area contributed by atoms with Gasteiger partial charge in [0.1, 0.15) is 6.54 Å². The molecule has 0 spiro atoms. The first kappa shape index (κ1) is 27.6. The highest BCUT2D eigenvalue weighted by Gasteiger charge is 2.72. The molecule has 0 aliphatic heterocycles. The van der Waals surface area contributed by atoms with Gasteiger partial charge in [-0.3, -0.25) is 0 Å². The normalized spacial score (nSPS) is 20.0. The number of rotatable bonds is 6. The maximum Gasteiger partial charge on any atom is 0.430 e. The van der Waals surface area contributed by atoms with Gasteiger partial charge in [-0.15, -0.1) is 0 Å². The van der Waals surface area contributed by atoms with E-state index in [-0.39, 0.29) is 16.5 Å². The van der Waals surface area contributed by atoms with Gasteiger partial charge in [0.25, 0.3) is 5.60 Å². The average Bonchev–Trinajstić information content (AvgIpc) is 2.60. The van der Waals surface area contributed by atoms with Gasteiger partial charge in [0.2, 0.25) is 10.0 Å². The second-order valence-electron chi connectivity index (χ2n) is 6.31. The molecule has 31 heavy (non-hydrogen) atoms. The summed E-state index contributed by atoms with van der Waals surface area (Å²) in [4.78, 5) is -0.577. The third-order valence-electron chi connectivity index (χ3n) is 4.15. The van der Waals surface area contributed by atoms with E-state index in [9.17, 15) is 53.0 Å². The molecule has 0 saturated heterocycles. The largest absolute Gasteiger partial charge is 0.430 e. The van der Waals surface area contributed by atoms with Crippen LogP contribution in [0.2, 0.25) is 0 Å². The van der Waals surface area contributed by atoms with Crippen LogP contribution in [0.25, 0.3) is 0 Å². The van der Waals surface area contributed by atoms with Crippen molar-refractivity contribution in [3.8, 4) is 0 Å². The van der Waals surface area contributed by atoms with E-state index in [2.05, 4.69) is 12.6 Å². The summed E-state index contributed by atoms with van der Waals surface area (Å²) in [5.41, 5.74) is -6.96. The molecule has 15 heteroatoms. The molecular formula is C16H16F9NO3S2. The number of sulfonamides is 1. The zero-order chi connectivity index (χ0) is 24.5. The molecule has 0 aromatic carbocycles.